The van der Waals surface area contributed by atoms with Crippen LogP contribution >= 0.6 is 0 Å². The minimum absolute atomic E-state index is 0.176. The van der Waals surface area contributed by atoms with Crippen LogP contribution in [0.4, 0.5) is 5.82 Å². The van der Waals surface area contributed by atoms with Crippen molar-refractivity contribution in [2.45, 2.75) is 58.1 Å². The van der Waals surface area contributed by atoms with Crippen LogP contribution in [-0.2, 0) is 22.6 Å². The molecule has 40 heavy (non-hydrogen) atoms. The highest BCUT2D eigenvalue weighted by Crippen LogP contribution is 2.36. The van der Waals surface area contributed by atoms with E-state index < -0.39 is 0 Å². The molecule has 0 aliphatic heterocycles. The van der Waals surface area contributed by atoms with Gasteiger partial charge in [0, 0.05) is 22.5 Å². The molecule has 0 spiro atoms. The Morgan fingerprint density at radius 2 is 1.82 bits per heavy atom. The van der Waals surface area contributed by atoms with Crippen molar-refractivity contribution >= 4 is 33.5 Å². The van der Waals surface area contributed by atoms with Gasteiger partial charge in [0.15, 0.2) is 0 Å². The van der Waals surface area contributed by atoms with Crippen LogP contribution in [0, 0.1) is 0 Å². The summed E-state index contributed by atoms with van der Waals surface area (Å²) >= 11 is 0. The minimum atomic E-state index is -0.258. The van der Waals surface area contributed by atoms with Gasteiger partial charge in [0.05, 0.1) is 30.3 Å². The van der Waals surface area contributed by atoms with E-state index in [1.807, 2.05) is 49.4 Å². The quantitative estimate of drug-likeness (QED) is 0.215. The molecule has 1 aliphatic rings. The molecule has 0 unspecified atom stereocenters. The number of pyridine rings is 1. The molecule has 5 aromatic rings. The molecule has 3 aromatic carbocycles. The molecular weight excluding hydrogens is 500 g/mol. The van der Waals surface area contributed by atoms with Crippen molar-refractivity contribution in [3.05, 3.63) is 84.2 Å². The topological polar surface area (TPSA) is 92.3 Å². The number of hydrogen-bond acceptors (Lipinski definition) is 6. The average Bonchev–Trinajstić information content (AvgIpc) is 3.35. The Bertz CT molecular complexity index is 1670. The number of esters is 1. The van der Waals surface area contributed by atoms with Crippen LogP contribution in [0.5, 0.6) is 5.75 Å². The zero-order valence-electron chi connectivity index (χ0n) is 22.8. The Balaban J connectivity index is 1.41. The summed E-state index contributed by atoms with van der Waals surface area (Å²) in [6, 6.07) is 22.6. The van der Waals surface area contributed by atoms with Gasteiger partial charge in [-0.3, -0.25) is 9.48 Å². The number of para-hydroxylation sites is 1. The molecule has 7 heteroatoms. The molecule has 0 saturated heterocycles. The highest BCUT2D eigenvalue weighted by atomic mass is 16.5. The van der Waals surface area contributed by atoms with Crippen LogP contribution < -0.4 is 10.5 Å². The van der Waals surface area contributed by atoms with Crippen molar-refractivity contribution in [3.63, 3.8) is 0 Å². The number of carbonyl (C=O) groups is 1. The molecule has 204 valence electrons. The van der Waals surface area contributed by atoms with Crippen LogP contribution in [0.1, 0.15) is 56.3 Å². The van der Waals surface area contributed by atoms with Gasteiger partial charge in [-0.1, -0.05) is 61.7 Å². The Labute approximate surface area is 233 Å². The minimum Gasteiger partial charge on any atom is -0.487 e. The van der Waals surface area contributed by atoms with E-state index >= 15 is 0 Å². The van der Waals surface area contributed by atoms with Crippen molar-refractivity contribution in [3.8, 4) is 16.9 Å². The Hall–Kier alpha value is -4.39. The first kappa shape index (κ1) is 25.9. The summed E-state index contributed by atoms with van der Waals surface area (Å²) in [6.45, 7) is 2.52. The third-order valence-corrected chi connectivity index (χ3v) is 7.85. The van der Waals surface area contributed by atoms with Crippen LogP contribution in [0.15, 0.2) is 72.9 Å². The number of nitrogens with zero attached hydrogens (tertiary/aromatic N) is 3. The van der Waals surface area contributed by atoms with E-state index in [0.29, 0.717) is 30.8 Å². The summed E-state index contributed by atoms with van der Waals surface area (Å²) in [5, 5.41) is 8.18. The predicted molar refractivity (Wildman–Crippen MR) is 158 cm³/mol. The van der Waals surface area contributed by atoms with E-state index in [4.69, 9.17) is 20.3 Å². The standard InChI is InChI=1S/C33H34N4O3/c1-2-39-32(38)20-23-9-6-7-14-31(23)40-21-30-28-19-22(25-12-8-13-27-26(25)17-18-35-33(27)34)15-16-29(28)36-37(30)24-10-4-3-5-11-24/h6-9,12-19,24H,2-5,10-11,20-21H2,1H3,(H2,34,35). The number of ether oxygens (including phenoxy) is 2. The average molecular weight is 535 g/mol. The largest absolute Gasteiger partial charge is 0.487 e. The zero-order chi connectivity index (χ0) is 27.5. The van der Waals surface area contributed by atoms with E-state index in [1.165, 1.54) is 19.3 Å². The summed E-state index contributed by atoms with van der Waals surface area (Å²) in [6.07, 6.45) is 7.85. The van der Waals surface area contributed by atoms with Gasteiger partial charge in [0.25, 0.3) is 0 Å². The van der Waals surface area contributed by atoms with Gasteiger partial charge in [-0.15, -0.1) is 0 Å². The van der Waals surface area contributed by atoms with E-state index in [0.717, 1.165) is 56.9 Å². The number of benzene rings is 3. The van der Waals surface area contributed by atoms with Gasteiger partial charge in [0.2, 0.25) is 0 Å². The lowest BCUT2D eigenvalue weighted by molar-refractivity contribution is -0.142. The number of nitrogens with two attached hydrogens (primary N) is 1. The lowest BCUT2D eigenvalue weighted by Crippen LogP contribution is -2.18. The molecule has 1 aliphatic carbocycles. The third-order valence-electron chi connectivity index (χ3n) is 7.85. The van der Waals surface area contributed by atoms with E-state index in [9.17, 15) is 4.79 Å². The van der Waals surface area contributed by atoms with Crippen molar-refractivity contribution in [2.75, 3.05) is 12.3 Å². The first-order chi connectivity index (χ1) is 19.6. The lowest BCUT2D eigenvalue weighted by Gasteiger charge is -2.24. The summed E-state index contributed by atoms with van der Waals surface area (Å²) < 4.78 is 13.8. The SMILES string of the molecule is CCOC(=O)Cc1ccccc1OCc1c2cc(-c3cccc4c(N)nccc34)ccc2nn1C1CCCCC1. The van der Waals surface area contributed by atoms with Gasteiger partial charge < -0.3 is 15.2 Å². The molecule has 2 aromatic heterocycles. The number of rotatable bonds is 8. The van der Waals surface area contributed by atoms with Crippen LogP contribution in [0.3, 0.4) is 0 Å². The van der Waals surface area contributed by atoms with Gasteiger partial charge in [-0.2, -0.15) is 5.10 Å². The second-order valence-electron chi connectivity index (χ2n) is 10.4. The lowest BCUT2D eigenvalue weighted by atomic mass is 9.95. The Morgan fingerprint density at radius 3 is 2.67 bits per heavy atom. The van der Waals surface area contributed by atoms with Crippen molar-refractivity contribution in [2.24, 2.45) is 0 Å². The number of aromatic nitrogens is 3. The smallest absolute Gasteiger partial charge is 0.310 e. The fourth-order valence-corrected chi connectivity index (χ4v) is 5.88. The van der Waals surface area contributed by atoms with Gasteiger partial charge in [-0.25, -0.2) is 4.98 Å². The molecule has 1 fully saturated rings. The highest BCUT2D eigenvalue weighted by Gasteiger charge is 2.23. The van der Waals surface area contributed by atoms with E-state index in [1.54, 1.807) is 6.20 Å². The predicted octanol–water partition coefficient (Wildman–Crippen LogP) is 7.02. The fourth-order valence-electron chi connectivity index (χ4n) is 5.88. The highest BCUT2D eigenvalue weighted by molar-refractivity contribution is 6.02. The number of carbonyl (C=O) groups excluding carboxylic acids is 1. The molecule has 0 amide bonds. The summed E-state index contributed by atoms with van der Waals surface area (Å²) in [4.78, 5) is 16.5. The van der Waals surface area contributed by atoms with Gasteiger partial charge in [0.1, 0.15) is 18.2 Å². The molecule has 7 nitrogen and oxygen atoms in total. The summed E-state index contributed by atoms with van der Waals surface area (Å²) in [7, 11) is 0. The van der Waals surface area contributed by atoms with E-state index in [-0.39, 0.29) is 12.4 Å². The van der Waals surface area contributed by atoms with Crippen LogP contribution in [0.25, 0.3) is 32.8 Å². The summed E-state index contributed by atoms with van der Waals surface area (Å²) in [5.41, 5.74) is 11.2. The van der Waals surface area contributed by atoms with Crippen LogP contribution in [-0.4, -0.2) is 27.3 Å². The Morgan fingerprint density at radius 1 is 0.975 bits per heavy atom. The maximum atomic E-state index is 12.2. The molecule has 1 saturated carbocycles. The summed E-state index contributed by atoms with van der Waals surface area (Å²) in [5.74, 6) is 0.959. The molecular formula is C33H34N4O3. The van der Waals surface area contributed by atoms with Crippen molar-refractivity contribution in [1.29, 1.82) is 0 Å². The molecule has 0 atom stereocenters. The molecule has 0 radical (unpaired) electrons. The zero-order valence-corrected chi connectivity index (χ0v) is 22.8. The maximum absolute atomic E-state index is 12.2. The first-order valence-corrected chi connectivity index (χ1v) is 14.1. The van der Waals surface area contributed by atoms with Crippen molar-refractivity contribution < 1.29 is 14.3 Å². The fraction of sp³-hybridized carbons (Fsp3) is 0.303. The van der Waals surface area contributed by atoms with Gasteiger partial charge in [-0.05, 0) is 60.5 Å². The van der Waals surface area contributed by atoms with Crippen LogP contribution in [0.2, 0.25) is 0 Å². The maximum Gasteiger partial charge on any atom is 0.310 e. The second-order valence-corrected chi connectivity index (χ2v) is 10.4. The van der Waals surface area contributed by atoms with Gasteiger partial charge >= 0.3 is 5.97 Å². The third kappa shape index (κ3) is 5.11. The number of hydrogen-bond donors (Lipinski definition) is 1. The first-order valence-electron chi connectivity index (χ1n) is 14.1. The van der Waals surface area contributed by atoms with Crippen molar-refractivity contribution in [1.82, 2.24) is 14.8 Å². The molecule has 2 N–H and O–H groups in total. The molecule has 6 rings (SSSR count). The molecule has 0 bridgehead atoms. The number of fused-ring (bicyclic) bond motifs is 2. The number of nitrogen functional groups attached to an aromatic ring is 1. The normalized spacial score (nSPS) is 14.0. The van der Waals surface area contributed by atoms with E-state index in [2.05, 4.69) is 33.9 Å². The monoisotopic (exact) mass is 534 g/mol. The Kier molecular flexibility index (Phi) is 7.36. The molecule has 2 heterocycles. The second kappa shape index (κ2) is 11.4. The number of anilines is 1.